The predicted octanol–water partition coefficient (Wildman–Crippen LogP) is 3.57. The first-order valence-corrected chi connectivity index (χ1v) is 6.29. The number of pyridine rings is 1. The molecule has 0 unspecified atom stereocenters. The van der Waals surface area contributed by atoms with Crippen LogP contribution in [-0.4, -0.2) is 4.98 Å². The number of aryl methyl sites for hydroxylation is 1. The Hall–Kier alpha value is -1.87. The van der Waals surface area contributed by atoms with Crippen molar-refractivity contribution >= 4 is 22.2 Å². The van der Waals surface area contributed by atoms with Gasteiger partial charge in [0.25, 0.3) is 5.56 Å². The standard InChI is InChI=1S/C14H11NOS/c1-9-4-5-10-8-11(13-3-2-6-17-13)14(16)15-12(10)7-9/h2-8H,1H3,(H,15,16). The quantitative estimate of drug-likeness (QED) is 0.694. The van der Waals surface area contributed by atoms with Crippen molar-refractivity contribution in [3.8, 4) is 10.4 Å². The van der Waals surface area contributed by atoms with Crippen molar-refractivity contribution in [2.24, 2.45) is 0 Å². The molecule has 0 aliphatic rings. The summed E-state index contributed by atoms with van der Waals surface area (Å²) in [4.78, 5) is 15.9. The molecule has 0 aliphatic heterocycles. The van der Waals surface area contributed by atoms with E-state index in [0.29, 0.717) is 0 Å². The summed E-state index contributed by atoms with van der Waals surface area (Å²) in [6.07, 6.45) is 0. The van der Waals surface area contributed by atoms with E-state index in [9.17, 15) is 4.79 Å². The lowest BCUT2D eigenvalue weighted by Gasteiger charge is -2.02. The number of nitrogens with one attached hydrogen (secondary N) is 1. The van der Waals surface area contributed by atoms with Crippen LogP contribution >= 0.6 is 11.3 Å². The Morgan fingerprint density at radius 1 is 1.18 bits per heavy atom. The number of H-pyrrole nitrogens is 1. The van der Waals surface area contributed by atoms with E-state index in [2.05, 4.69) is 11.1 Å². The van der Waals surface area contributed by atoms with Gasteiger partial charge in [-0.25, -0.2) is 0 Å². The fourth-order valence-corrected chi connectivity index (χ4v) is 2.67. The summed E-state index contributed by atoms with van der Waals surface area (Å²) in [6.45, 7) is 2.02. The van der Waals surface area contributed by atoms with E-state index < -0.39 is 0 Å². The van der Waals surface area contributed by atoms with Gasteiger partial charge in [-0.15, -0.1) is 11.3 Å². The number of fused-ring (bicyclic) bond motifs is 1. The van der Waals surface area contributed by atoms with Crippen LogP contribution in [0.4, 0.5) is 0 Å². The zero-order chi connectivity index (χ0) is 11.8. The highest BCUT2D eigenvalue weighted by atomic mass is 32.1. The van der Waals surface area contributed by atoms with Gasteiger partial charge < -0.3 is 4.98 Å². The van der Waals surface area contributed by atoms with Crippen molar-refractivity contribution in [3.63, 3.8) is 0 Å². The third-order valence-electron chi connectivity index (χ3n) is 2.79. The molecule has 2 heterocycles. The van der Waals surface area contributed by atoms with Crippen LogP contribution in [0.15, 0.2) is 46.6 Å². The molecule has 3 rings (SSSR count). The fourth-order valence-electron chi connectivity index (χ4n) is 1.93. The maximum absolute atomic E-state index is 12.0. The maximum atomic E-state index is 12.0. The third kappa shape index (κ3) is 1.78. The van der Waals surface area contributed by atoms with Gasteiger partial charge in [-0.3, -0.25) is 4.79 Å². The largest absolute Gasteiger partial charge is 0.321 e. The molecule has 0 fully saturated rings. The van der Waals surface area contributed by atoms with Gasteiger partial charge in [-0.1, -0.05) is 18.2 Å². The Bertz CT molecular complexity index is 726. The molecule has 0 amide bonds. The van der Waals surface area contributed by atoms with Crippen molar-refractivity contribution in [2.45, 2.75) is 6.92 Å². The van der Waals surface area contributed by atoms with Crippen molar-refractivity contribution in [1.29, 1.82) is 0 Å². The zero-order valence-electron chi connectivity index (χ0n) is 9.36. The van der Waals surface area contributed by atoms with E-state index >= 15 is 0 Å². The van der Waals surface area contributed by atoms with Gasteiger partial charge in [0.05, 0.1) is 5.56 Å². The molecular weight excluding hydrogens is 230 g/mol. The average Bonchev–Trinajstić information content (AvgIpc) is 2.81. The second-order valence-corrected chi connectivity index (χ2v) is 5.03. The molecule has 0 aliphatic carbocycles. The molecule has 1 N–H and O–H groups in total. The molecule has 84 valence electrons. The summed E-state index contributed by atoms with van der Waals surface area (Å²) >= 11 is 1.58. The first kappa shape index (κ1) is 10.3. The molecule has 0 spiro atoms. The minimum Gasteiger partial charge on any atom is -0.321 e. The average molecular weight is 241 g/mol. The smallest absolute Gasteiger partial charge is 0.257 e. The number of aromatic amines is 1. The minimum absolute atomic E-state index is 0.0226. The first-order chi connectivity index (χ1) is 8.24. The summed E-state index contributed by atoms with van der Waals surface area (Å²) in [7, 11) is 0. The lowest BCUT2D eigenvalue weighted by atomic mass is 10.1. The number of thiophene rings is 1. The van der Waals surface area contributed by atoms with Crippen LogP contribution in [-0.2, 0) is 0 Å². The maximum Gasteiger partial charge on any atom is 0.257 e. The van der Waals surface area contributed by atoms with E-state index in [-0.39, 0.29) is 5.56 Å². The Balaban J connectivity index is 2.32. The van der Waals surface area contributed by atoms with Gasteiger partial charge in [0.2, 0.25) is 0 Å². The molecule has 3 aromatic rings. The Morgan fingerprint density at radius 3 is 2.82 bits per heavy atom. The number of aromatic nitrogens is 1. The van der Waals surface area contributed by atoms with Crippen molar-refractivity contribution in [2.75, 3.05) is 0 Å². The van der Waals surface area contributed by atoms with Gasteiger partial charge in [-0.2, -0.15) is 0 Å². The molecule has 3 heteroatoms. The van der Waals surface area contributed by atoms with Crippen molar-refractivity contribution in [3.05, 3.63) is 57.7 Å². The molecular formula is C14H11NOS. The summed E-state index contributed by atoms with van der Waals surface area (Å²) < 4.78 is 0. The molecule has 17 heavy (non-hydrogen) atoms. The normalized spacial score (nSPS) is 10.9. The van der Waals surface area contributed by atoms with Crippen LogP contribution in [0.2, 0.25) is 0 Å². The van der Waals surface area contributed by atoms with Gasteiger partial charge >= 0.3 is 0 Å². The molecule has 0 radical (unpaired) electrons. The molecule has 1 aromatic carbocycles. The molecule has 0 saturated carbocycles. The number of rotatable bonds is 1. The van der Waals surface area contributed by atoms with E-state index in [4.69, 9.17) is 0 Å². The second-order valence-electron chi connectivity index (χ2n) is 4.08. The molecule has 0 bridgehead atoms. The zero-order valence-corrected chi connectivity index (χ0v) is 10.2. The Kier molecular flexibility index (Phi) is 2.34. The van der Waals surface area contributed by atoms with Crippen molar-refractivity contribution < 1.29 is 0 Å². The van der Waals surface area contributed by atoms with Crippen molar-refractivity contribution in [1.82, 2.24) is 4.98 Å². The van der Waals surface area contributed by atoms with E-state index in [0.717, 1.165) is 26.9 Å². The lowest BCUT2D eigenvalue weighted by Crippen LogP contribution is -2.07. The topological polar surface area (TPSA) is 32.9 Å². The van der Waals surface area contributed by atoms with Crippen LogP contribution in [0, 0.1) is 6.92 Å². The highest BCUT2D eigenvalue weighted by molar-refractivity contribution is 7.13. The fraction of sp³-hybridized carbons (Fsp3) is 0.0714. The SMILES string of the molecule is Cc1ccc2cc(-c3cccs3)c(=O)[nH]c2c1. The van der Waals surface area contributed by atoms with Gasteiger partial charge in [0.1, 0.15) is 0 Å². The summed E-state index contributed by atoms with van der Waals surface area (Å²) in [5.74, 6) is 0. The molecule has 2 aromatic heterocycles. The molecule has 0 saturated heterocycles. The Morgan fingerprint density at radius 2 is 2.06 bits per heavy atom. The van der Waals surface area contributed by atoms with Crippen LogP contribution in [0.5, 0.6) is 0 Å². The van der Waals surface area contributed by atoms with Crippen LogP contribution in [0.25, 0.3) is 21.3 Å². The second kappa shape index (κ2) is 3.86. The number of hydrogen-bond donors (Lipinski definition) is 1. The summed E-state index contributed by atoms with van der Waals surface area (Å²) in [6, 6.07) is 12.0. The lowest BCUT2D eigenvalue weighted by molar-refractivity contribution is 1.30. The first-order valence-electron chi connectivity index (χ1n) is 5.41. The molecule has 0 atom stereocenters. The van der Waals surface area contributed by atoms with E-state index in [1.807, 2.05) is 42.6 Å². The molecule has 2 nitrogen and oxygen atoms in total. The predicted molar refractivity (Wildman–Crippen MR) is 72.6 cm³/mol. The third-order valence-corrected chi connectivity index (χ3v) is 3.69. The highest BCUT2D eigenvalue weighted by Crippen LogP contribution is 2.24. The highest BCUT2D eigenvalue weighted by Gasteiger charge is 2.06. The number of benzene rings is 1. The van der Waals surface area contributed by atoms with Gasteiger partial charge in [-0.05, 0) is 41.5 Å². The monoisotopic (exact) mass is 241 g/mol. The Labute approximate surface area is 103 Å². The van der Waals surface area contributed by atoms with Crippen LogP contribution in [0.3, 0.4) is 0 Å². The number of hydrogen-bond acceptors (Lipinski definition) is 2. The van der Waals surface area contributed by atoms with E-state index in [1.165, 1.54) is 0 Å². The van der Waals surface area contributed by atoms with Gasteiger partial charge in [0, 0.05) is 10.4 Å². The van der Waals surface area contributed by atoms with E-state index in [1.54, 1.807) is 11.3 Å². The summed E-state index contributed by atoms with van der Waals surface area (Å²) in [5.41, 5.74) is 2.77. The van der Waals surface area contributed by atoms with Crippen LogP contribution in [0.1, 0.15) is 5.56 Å². The van der Waals surface area contributed by atoms with Crippen LogP contribution < -0.4 is 5.56 Å². The summed E-state index contributed by atoms with van der Waals surface area (Å²) in [5, 5.41) is 3.05. The minimum atomic E-state index is -0.0226. The van der Waals surface area contributed by atoms with Gasteiger partial charge in [0.15, 0.2) is 0 Å².